The van der Waals surface area contributed by atoms with Crippen molar-refractivity contribution in [2.75, 3.05) is 7.05 Å². The zero-order chi connectivity index (χ0) is 10.8. The largest absolute Gasteiger partial charge is 0.317 e. The summed E-state index contributed by atoms with van der Waals surface area (Å²) < 4.78 is 0. The van der Waals surface area contributed by atoms with Crippen molar-refractivity contribution in [1.29, 1.82) is 0 Å². The van der Waals surface area contributed by atoms with Gasteiger partial charge in [-0.15, -0.1) is 0 Å². The molecule has 0 aliphatic rings. The first-order valence-corrected chi connectivity index (χ1v) is 6.45. The van der Waals surface area contributed by atoms with Crippen LogP contribution in [0.4, 0.5) is 0 Å². The van der Waals surface area contributed by atoms with E-state index >= 15 is 0 Å². The first kappa shape index (κ1) is 14.0. The Morgan fingerprint density at radius 3 is 2.14 bits per heavy atom. The Bertz CT molecular complexity index is 112. The molecule has 1 heteroatoms. The lowest BCUT2D eigenvalue weighted by Crippen LogP contribution is -2.27. The average molecular weight is 199 g/mol. The molecule has 0 saturated carbocycles. The zero-order valence-electron chi connectivity index (χ0n) is 10.6. The molecule has 1 nitrogen and oxygen atoms in total. The molecule has 2 atom stereocenters. The van der Waals surface area contributed by atoms with Gasteiger partial charge < -0.3 is 5.32 Å². The number of hydrogen-bond donors (Lipinski definition) is 1. The molecule has 0 saturated heterocycles. The van der Waals surface area contributed by atoms with E-state index in [1.807, 2.05) is 0 Å². The van der Waals surface area contributed by atoms with E-state index in [9.17, 15) is 0 Å². The van der Waals surface area contributed by atoms with Crippen LogP contribution in [-0.2, 0) is 0 Å². The molecule has 0 heterocycles. The van der Waals surface area contributed by atoms with E-state index in [-0.39, 0.29) is 0 Å². The summed E-state index contributed by atoms with van der Waals surface area (Å²) in [5, 5.41) is 3.44. The van der Waals surface area contributed by atoms with Crippen molar-refractivity contribution in [2.24, 2.45) is 5.92 Å². The molecule has 1 N–H and O–H groups in total. The van der Waals surface area contributed by atoms with E-state index in [2.05, 4.69) is 33.1 Å². The second kappa shape index (κ2) is 9.51. The van der Waals surface area contributed by atoms with Crippen LogP contribution in [0.25, 0.3) is 0 Å². The molecule has 14 heavy (non-hydrogen) atoms. The molecule has 0 aliphatic heterocycles. The second-order valence-electron chi connectivity index (χ2n) is 4.43. The maximum Gasteiger partial charge on any atom is 0.00665 e. The molecule has 0 fully saturated rings. The zero-order valence-corrected chi connectivity index (χ0v) is 10.6. The van der Waals surface area contributed by atoms with Crippen molar-refractivity contribution in [3.8, 4) is 0 Å². The summed E-state index contributed by atoms with van der Waals surface area (Å²) in [4.78, 5) is 0. The van der Waals surface area contributed by atoms with Crippen molar-refractivity contribution >= 4 is 0 Å². The topological polar surface area (TPSA) is 12.0 Å². The Morgan fingerprint density at radius 2 is 1.71 bits per heavy atom. The standard InChI is InChI=1S/C13H29N/c1-5-8-10-12(7-3)11-13(14-4)9-6-2/h12-14H,5-11H2,1-4H3. The SMILES string of the molecule is CCCCC(CC)CC(CCC)NC. The molecule has 0 rings (SSSR count). The molecule has 0 aromatic heterocycles. The predicted octanol–water partition coefficient (Wildman–Crippen LogP) is 3.98. The molecule has 0 aromatic carbocycles. The fraction of sp³-hybridized carbons (Fsp3) is 1.00. The van der Waals surface area contributed by atoms with Crippen LogP contribution in [0, 0.1) is 5.92 Å². The minimum atomic E-state index is 0.752. The molecule has 0 amide bonds. The van der Waals surface area contributed by atoms with Gasteiger partial charge >= 0.3 is 0 Å². The highest BCUT2D eigenvalue weighted by Gasteiger charge is 2.12. The number of nitrogens with one attached hydrogen (secondary N) is 1. The Balaban J connectivity index is 3.75. The summed E-state index contributed by atoms with van der Waals surface area (Å²) in [6, 6.07) is 0.752. The van der Waals surface area contributed by atoms with Gasteiger partial charge in [0.1, 0.15) is 0 Å². The van der Waals surface area contributed by atoms with Crippen LogP contribution < -0.4 is 5.32 Å². The van der Waals surface area contributed by atoms with Gasteiger partial charge in [0, 0.05) is 6.04 Å². The van der Waals surface area contributed by atoms with Crippen molar-refractivity contribution in [2.45, 2.75) is 71.8 Å². The third-order valence-electron chi connectivity index (χ3n) is 3.21. The maximum absolute atomic E-state index is 3.44. The first-order chi connectivity index (χ1) is 6.78. The lowest BCUT2D eigenvalue weighted by atomic mass is 9.90. The van der Waals surface area contributed by atoms with Crippen molar-refractivity contribution < 1.29 is 0 Å². The minimum absolute atomic E-state index is 0.752. The molecule has 0 aliphatic carbocycles. The molecule has 0 spiro atoms. The summed E-state index contributed by atoms with van der Waals surface area (Å²) in [6.07, 6.45) is 9.53. The van der Waals surface area contributed by atoms with Gasteiger partial charge in [0.2, 0.25) is 0 Å². The molecule has 86 valence electrons. The van der Waals surface area contributed by atoms with Gasteiger partial charge in [-0.1, -0.05) is 52.9 Å². The lowest BCUT2D eigenvalue weighted by molar-refractivity contribution is 0.347. The Hall–Kier alpha value is -0.0400. The summed E-state index contributed by atoms with van der Waals surface area (Å²) in [7, 11) is 2.10. The van der Waals surface area contributed by atoms with Gasteiger partial charge in [0.25, 0.3) is 0 Å². The molecule has 0 bridgehead atoms. The van der Waals surface area contributed by atoms with Gasteiger partial charge in [-0.3, -0.25) is 0 Å². The highest BCUT2D eigenvalue weighted by molar-refractivity contribution is 4.69. The fourth-order valence-electron chi connectivity index (χ4n) is 2.11. The predicted molar refractivity (Wildman–Crippen MR) is 65.7 cm³/mol. The average Bonchev–Trinajstić information content (AvgIpc) is 2.22. The Kier molecular flexibility index (Phi) is 9.49. The normalized spacial score (nSPS) is 15.4. The molecule has 0 aromatic rings. The summed E-state index contributed by atoms with van der Waals surface area (Å²) in [6.45, 7) is 6.89. The smallest absolute Gasteiger partial charge is 0.00665 e. The Morgan fingerprint density at radius 1 is 1.00 bits per heavy atom. The summed E-state index contributed by atoms with van der Waals surface area (Å²) in [5.41, 5.74) is 0. The van der Waals surface area contributed by atoms with Gasteiger partial charge in [0.05, 0.1) is 0 Å². The van der Waals surface area contributed by atoms with Crippen LogP contribution in [0.15, 0.2) is 0 Å². The molecule has 2 unspecified atom stereocenters. The van der Waals surface area contributed by atoms with Gasteiger partial charge in [-0.25, -0.2) is 0 Å². The van der Waals surface area contributed by atoms with E-state index in [0.29, 0.717) is 0 Å². The summed E-state index contributed by atoms with van der Waals surface area (Å²) in [5.74, 6) is 0.943. The van der Waals surface area contributed by atoms with E-state index < -0.39 is 0 Å². The molecular formula is C13H29N. The van der Waals surface area contributed by atoms with E-state index in [1.54, 1.807) is 0 Å². The van der Waals surface area contributed by atoms with Crippen LogP contribution in [0.2, 0.25) is 0 Å². The lowest BCUT2D eigenvalue weighted by Gasteiger charge is -2.21. The Labute approximate surface area is 90.7 Å². The van der Waals surface area contributed by atoms with Crippen LogP contribution in [0.1, 0.15) is 65.7 Å². The quantitative estimate of drug-likeness (QED) is 0.592. The van der Waals surface area contributed by atoms with Crippen LogP contribution >= 0.6 is 0 Å². The minimum Gasteiger partial charge on any atom is -0.317 e. The van der Waals surface area contributed by atoms with Crippen LogP contribution in [-0.4, -0.2) is 13.1 Å². The van der Waals surface area contributed by atoms with E-state index in [4.69, 9.17) is 0 Å². The van der Waals surface area contributed by atoms with Crippen molar-refractivity contribution in [1.82, 2.24) is 5.32 Å². The number of unbranched alkanes of at least 4 members (excludes halogenated alkanes) is 1. The highest BCUT2D eigenvalue weighted by Crippen LogP contribution is 2.20. The number of hydrogen-bond acceptors (Lipinski definition) is 1. The highest BCUT2D eigenvalue weighted by atomic mass is 14.9. The van der Waals surface area contributed by atoms with E-state index in [1.165, 1.54) is 44.9 Å². The second-order valence-corrected chi connectivity index (χ2v) is 4.43. The molecule has 0 radical (unpaired) electrons. The maximum atomic E-state index is 3.44. The van der Waals surface area contributed by atoms with Crippen molar-refractivity contribution in [3.63, 3.8) is 0 Å². The van der Waals surface area contributed by atoms with E-state index in [0.717, 1.165) is 12.0 Å². The van der Waals surface area contributed by atoms with Gasteiger partial charge in [0.15, 0.2) is 0 Å². The van der Waals surface area contributed by atoms with Crippen LogP contribution in [0.3, 0.4) is 0 Å². The first-order valence-electron chi connectivity index (χ1n) is 6.45. The van der Waals surface area contributed by atoms with Gasteiger partial charge in [-0.2, -0.15) is 0 Å². The fourth-order valence-corrected chi connectivity index (χ4v) is 2.11. The summed E-state index contributed by atoms with van der Waals surface area (Å²) >= 11 is 0. The van der Waals surface area contributed by atoms with Gasteiger partial charge in [-0.05, 0) is 25.8 Å². The third kappa shape index (κ3) is 6.42. The van der Waals surface area contributed by atoms with Crippen molar-refractivity contribution in [3.05, 3.63) is 0 Å². The monoisotopic (exact) mass is 199 g/mol. The number of rotatable bonds is 9. The molecular weight excluding hydrogens is 170 g/mol. The third-order valence-corrected chi connectivity index (χ3v) is 3.21. The van der Waals surface area contributed by atoms with Crippen LogP contribution in [0.5, 0.6) is 0 Å².